The van der Waals surface area contributed by atoms with Crippen molar-refractivity contribution < 1.29 is 4.79 Å². The normalized spacial score (nSPS) is 10.4. The van der Waals surface area contributed by atoms with Crippen LogP contribution in [0.15, 0.2) is 60.7 Å². The smallest absolute Gasteiger partial charge is 0.246 e. The molecule has 0 heterocycles. The maximum atomic E-state index is 12.4. The van der Waals surface area contributed by atoms with Gasteiger partial charge < -0.3 is 4.90 Å². The molecule has 4 heteroatoms. The van der Waals surface area contributed by atoms with Crippen molar-refractivity contribution in [3.8, 4) is 6.07 Å². The molecule has 0 bridgehead atoms. The molecule has 116 valence electrons. The fourth-order valence-corrected chi connectivity index (χ4v) is 2.23. The van der Waals surface area contributed by atoms with Crippen LogP contribution in [-0.2, 0) is 11.3 Å². The minimum absolute atomic E-state index is 0.112. The van der Waals surface area contributed by atoms with Crippen LogP contribution < -0.4 is 0 Å². The van der Waals surface area contributed by atoms with E-state index < -0.39 is 0 Å². The second-order valence-corrected chi connectivity index (χ2v) is 5.47. The van der Waals surface area contributed by atoms with E-state index in [2.05, 4.69) is 6.07 Å². The topological polar surface area (TPSA) is 44.1 Å². The third kappa shape index (κ3) is 5.61. The summed E-state index contributed by atoms with van der Waals surface area (Å²) < 4.78 is 0. The molecular weight excluding hydrogens is 308 g/mol. The molecule has 0 fully saturated rings. The van der Waals surface area contributed by atoms with Crippen LogP contribution in [0.4, 0.5) is 0 Å². The number of benzene rings is 2. The molecule has 2 aromatic rings. The zero-order valence-electron chi connectivity index (χ0n) is 12.7. The predicted molar refractivity (Wildman–Crippen MR) is 92.6 cm³/mol. The fourth-order valence-electron chi connectivity index (χ4n) is 2.10. The Morgan fingerprint density at radius 2 is 1.83 bits per heavy atom. The lowest BCUT2D eigenvalue weighted by atomic mass is 10.2. The summed E-state index contributed by atoms with van der Waals surface area (Å²) in [5.41, 5.74) is 1.95. The first-order valence-corrected chi connectivity index (χ1v) is 7.70. The van der Waals surface area contributed by atoms with Gasteiger partial charge in [0, 0.05) is 24.2 Å². The Morgan fingerprint density at radius 1 is 1.13 bits per heavy atom. The molecule has 0 aliphatic carbocycles. The Labute approximate surface area is 141 Å². The number of hydrogen-bond acceptors (Lipinski definition) is 2. The fraction of sp³-hybridized carbons (Fsp3) is 0.158. The molecule has 0 unspecified atom stereocenters. The van der Waals surface area contributed by atoms with Crippen LogP contribution in [0.3, 0.4) is 0 Å². The first-order valence-electron chi connectivity index (χ1n) is 7.32. The van der Waals surface area contributed by atoms with Crippen LogP contribution >= 0.6 is 11.6 Å². The van der Waals surface area contributed by atoms with Gasteiger partial charge >= 0.3 is 0 Å². The lowest BCUT2D eigenvalue weighted by Crippen LogP contribution is -2.29. The van der Waals surface area contributed by atoms with Crippen molar-refractivity contribution >= 4 is 23.6 Å². The maximum absolute atomic E-state index is 12.4. The molecule has 1 amide bonds. The van der Waals surface area contributed by atoms with Gasteiger partial charge in [-0.2, -0.15) is 5.26 Å². The predicted octanol–water partition coefficient (Wildman–Crippen LogP) is 4.30. The summed E-state index contributed by atoms with van der Waals surface area (Å²) in [6.07, 6.45) is 3.60. The van der Waals surface area contributed by atoms with E-state index in [-0.39, 0.29) is 5.91 Å². The third-order valence-electron chi connectivity index (χ3n) is 3.31. The highest BCUT2D eigenvalue weighted by molar-refractivity contribution is 6.30. The van der Waals surface area contributed by atoms with Crippen LogP contribution in [0, 0.1) is 11.3 Å². The van der Waals surface area contributed by atoms with E-state index >= 15 is 0 Å². The lowest BCUT2D eigenvalue weighted by molar-refractivity contribution is -0.126. The summed E-state index contributed by atoms with van der Waals surface area (Å²) in [7, 11) is 0. The summed E-state index contributed by atoms with van der Waals surface area (Å²) in [6, 6.07) is 19.1. The zero-order chi connectivity index (χ0) is 16.5. The average molecular weight is 325 g/mol. The molecule has 0 N–H and O–H groups in total. The van der Waals surface area contributed by atoms with Crippen LogP contribution in [0.2, 0.25) is 5.02 Å². The standard InChI is InChI=1S/C19H17ClN2O/c20-18-10-7-16(8-11-18)9-12-19(23)22(14-4-13-21)15-17-5-2-1-3-6-17/h1-3,5-12H,4,14-15H2/b12-9+. The molecule has 0 atom stereocenters. The molecule has 0 aliphatic heterocycles. The average Bonchev–Trinajstić information content (AvgIpc) is 2.58. The number of carbonyl (C=O) groups excluding carboxylic acids is 1. The van der Waals surface area contributed by atoms with E-state index in [4.69, 9.17) is 16.9 Å². The van der Waals surface area contributed by atoms with Crippen molar-refractivity contribution in [2.45, 2.75) is 13.0 Å². The Balaban J connectivity index is 2.06. The highest BCUT2D eigenvalue weighted by Gasteiger charge is 2.10. The molecule has 0 aromatic heterocycles. The van der Waals surface area contributed by atoms with E-state index in [1.54, 1.807) is 23.1 Å². The largest absolute Gasteiger partial charge is 0.334 e. The Morgan fingerprint density at radius 3 is 2.48 bits per heavy atom. The van der Waals surface area contributed by atoms with Crippen molar-refractivity contribution in [3.05, 3.63) is 76.8 Å². The lowest BCUT2D eigenvalue weighted by Gasteiger charge is -2.20. The van der Waals surface area contributed by atoms with Gasteiger partial charge in [0.05, 0.1) is 12.5 Å². The first kappa shape index (κ1) is 16.8. The van der Waals surface area contributed by atoms with Gasteiger partial charge in [-0.15, -0.1) is 0 Å². The summed E-state index contributed by atoms with van der Waals surface area (Å²) in [5.74, 6) is -0.112. The molecule has 0 spiro atoms. The molecule has 2 rings (SSSR count). The SMILES string of the molecule is N#CCCN(Cc1ccccc1)C(=O)/C=C/c1ccc(Cl)cc1. The quantitative estimate of drug-likeness (QED) is 0.744. The second-order valence-electron chi connectivity index (χ2n) is 5.04. The van der Waals surface area contributed by atoms with Crippen LogP contribution in [0.25, 0.3) is 6.08 Å². The Bertz CT molecular complexity index is 702. The monoisotopic (exact) mass is 324 g/mol. The molecule has 0 saturated carbocycles. The van der Waals surface area contributed by atoms with Crippen molar-refractivity contribution in [1.82, 2.24) is 4.90 Å². The molecule has 0 radical (unpaired) electrons. The van der Waals surface area contributed by atoms with Crippen LogP contribution in [0.5, 0.6) is 0 Å². The van der Waals surface area contributed by atoms with Crippen LogP contribution in [-0.4, -0.2) is 17.4 Å². The minimum Gasteiger partial charge on any atom is -0.334 e. The molecule has 3 nitrogen and oxygen atoms in total. The Kier molecular flexibility index (Phi) is 6.40. The first-order chi connectivity index (χ1) is 11.2. The van der Waals surface area contributed by atoms with E-state index in [1.807, 2.05) is 42.5 Å². The minimum atomic E-state index is -0.112. The highest BCUT2D eigenvalue weighted by atomic mass is 35.5. The van der Waals surface area contributed by atoms with Gasteiger partial charge in [-0.25, -0.2) is 0 Å². The molecule has 2 aromatic carbocycles. The number of hydrogen-bond donors (Lipinski definition) is 0. The number of nitrogens with zero attached hydrogens (tertiary/aromatic N) is 2. The van der Waals surface area contributed by atoms with Gasteiger partial charge in [0.25, 0.3) is 0 Å². The van der Waals surface area contributed by atoms with Gasteiger partial charge in [0.2, 0.25) is 5.91 Å². The molecule has 23 heavy (non-hydrogen) atoms. The van der Waals surface area contributed by atoms with Gasteiger partial charge in [-0.3, -0.25) is 4.79 Å². The summed E-state index contributed by atoms with van der Waals surface area (Å²) in [6.45, 7) is 0.904. The van der Waals surface area contributed by atoms with Crippen molar-refractivity contribution in [1.29, 1.82) is 5.26 Å². The van der Waals surface area contributed by atoms with Crippen molar-refractivity contribution in [2.24, 2.45) is 0 Å². The number of carbonyl (C=O) groups is 1. The van der Waals surface area contributed by atoms with Crippen molar-refractivity contribution in [2.75, 3.05) is 6.54 Å². The molecular formula is C19H17ClN2O. The summed E-state index contributed by atoms with van der Waals surface area (Å²) in [4.78, 5) is 14.1. The number of rotatable bonds is 6. The number of amides is 1. The van der Waals surface area contributed by atoms with E-state index in [1.165, 1.54) is 6.08 Å². The van der Waals surface area contributed by atoms with Gasteiger partial charge in [-0.1, -0.05) is 54.1 Å². The van der Waals surface area contributed by atoms with Crippen molar-refractivity contribution in [3.63, 3.8) is 0 Å². The van der Waals surface area contributed by atoms with E-state index in [0.717, 1.165) is 11.1 Å². The van der Waals surface area contributed by atoms with Gasteiger partial charge in [0.15, 0.2) is 0 Å². The van der Waals surface area contributed by atoms with Gasteiger partial charge in [0.1, 0.15) is 0 Å². The maximum Gasteiger partial charge on any atom is 0.246 e. The third-order valence-corrected chi connectivity index (χ3v) is 3.56. The van der Waals surface area contributed by atoms with Gasteiger partial charge in [-0.05, 0) is 29.3 Å². The summed E-state index contributed by atoms with van der Waals surface area (Å²) in [5, 5.41) is 9.44. The Hall–Kier alpha value is -2.57. The summed E-state index contributed by atoms with van der Waals surface area (Å²) >= 11 is 5.84. The number of halogens is 1. The van der Waals surface area contributed by atoms with E-state index in [0.29, 0.717) is 24.5 Å². The highest BCUT2D eigenvalue weighted by Crippen LogP contribution is 2.11. The molecule has 0 aliphatic rings. The second kappa shape index (κ2) is 8.77. The zero-order valence-corrected chi connectivity index (χ0v) is 13.4. The molecule has 0 saturated heterocycles. The van der Waals surface area contributed by atoms with Crippen LogP contribution in [0.1, 0.15) is 17.5 Å². The van der Waals surface area contributed by atoms with E-state index in [9.17, 15) is 4.79 Å². The number of nitriles is 1.